The Hall–Kier alpha value is -3.28. The van der Waals surface area contributed by atoms with Crippen molar-refractivity contribution >= 4 is 10.9 Å². The Morgan fingerprint density at radius 3 is 2.65 bits per heavy atom. The van der Waals surface area contributed by atoms with Gasteiger partial charge >= 0.3 is 0 Å². The highest BCUT2D eigenvalue weighted by molar-refractivity contribution is 5.76. The number of rotatable bonds is 3. The first-order chi connectivity index (χ1) is 11.3. The first-order valence-electron chi connectivity index (χ1n) is 7.15. The van der Waals surface area contributed by atoms with Crippen LogP contribution in [0.25, 0.3) is 22.2 Å². The van der Waals surface area contributed by atoms with Gasteiger partial charge in [-0.05, 0) is 12.1 Å². The van der Waals surface area contributed by atoms with E-state index in [2.05, 4.69) is 15.5 Å². The Morgan fingerprint density at radius 2 is 1.78 bits per heavy atom. The van der Waals surface area contributed by atoms with E-state index in [0.717, 1.165) is 5.56 Å². The van der Waals surface area contributed by atoms with Gasteiger partial charge in [-0.2, -0.15) is 0 Å². The van der Waals surface area contributed by atoms with Crippen LogP contribution in [-0.2, 0) is 6.54 Å². The minimum atomic E-state index is -0.195. The number of hydrogen-bond acceptors (Lipinski definition) is 5. The lowest BCUT2D eigenvalue weighted by atomic mass is 10.2. The summed E-state index contributed by atoms with van der Waals surface area (Å²) >= 11 is 0. The highest BCUT2D eigenvalue weighted by atomic mass is 16.5. The monoisotopic (exact) mass is 304 g/mol. The molecule has 2 aromatic carbocycles. The highest BCUT2D eigenvalue weighted by Gasteiger charge is 2.10. The van der Waals surface area contributed by atoms with Crippen LogP contribution in [-0.4, -0.2) is 20.2 Å². The summed E-state index contributed by atoms with van der Waals surface area (Å²) in [4.78, 5) is 12.4. The van der Waals surface area contributed by atoms with Crippen LogP contribution in [0.3, 0.4) is 0 Å². The van der Waals surface area contributed by atoms with Crippen LogP contribution >= 0.6 is 0 Å². The molecule has 23 heavy (non-hydrogen) atoms. The Kier molecular flexibility index (Phi) is 3.20. The predicted octanol–water partition coefficient (Wildman–Crippen LogP) is 2.49. The molecule has 0 spiro atoms. The van der Waals surface area contributed by atoms with Crippen LogP contribution < -0.4 is 5.56 Å². The lowest BCUT2D eigenvalue weighted by Gasteiger charge is -2.01. The first-order valence-corrected chi connectivity index (χ1v) is 7.15. The molecule has 0 fully saturated rings. The standard InChI is InChI=1S/C17H12N4O2/c22-17-14-8-4-5-9-15(14)18-20-21(17)11-13-10-16(23-19-13)12-6-2-1-3-7-12/h1-10H,11H2. The van der Waals surface area contributed by atoms with E-state index < -0.39 is 0 Å². The molecule has 0 saturated carbocycles. The van der Waals surface area contributed by atoms with Crippen LogP contribution in [0.1, 0.15) is 5.69 Å². The van der Waals surface area contributed by atoms with Crippen molar-refractivity contribution in [2.75, 3.05) is 0 Å². The molecule has 0 saturated heterocycles. The maximum atomic E-state index is 12.4. The van der Waals surface area contributed by atoms with Gasteiger partial charge in [-0.15, -0.1) is 5.10 Å². The lowest BCUT2D eigenvalue weighted by molar-refractivity contribution is 0.417. The molecule has 0 bridgehead atoms. The summed E-state index contributed by atoms with van der Waals surface area (Å²) in [5.41, 5.74) is 1.94. The summed E-state index contributed by atoms with van der Waals surface area (Å²) in [6, 6.07) is 18.6. The number of aromatic nitrogens is 4. The lowest BCUT2D eigenvalue weighted by Crippen LogP contribution is -2.24. The van der Waals surface area contributed by atoms with Gasteiger partial charge in [0, 0.05) is 11.6 Å². The van der Waals surface area contributed by atoms with Gasteiger partial charge in [-0.1, -0.05) is 52.8 Å². The first kappa shape index (κ1) is 13.4. The molecule has 2 aromatic heterocycles. The molecule has 112 valence electrons. The molecule has 6 heteroatoms. The zero-order valence-corrected chi connectivity index (χ0v) is 12.1. The third-order valence-electron chi connectivity index (χ3n) is 3.56. The van der Waals surface area contributed by atoms with Gasteiger partial charge in [-0.25, -0.2) is 4.68 Å². The number of hydrogen-bond donors (Lipinski definition) is 0. The Labute approximate surface area is 131 Å². The molecule has 6 nitrogen and oxygen atoms in total. The Bertz CT molecular complexity index is 1020. The van der Waals surface area contributed by atoms with Crippen molar-refractivity contribution in [2.24, 2.45) is 0 Å². The Morgan fingerprint density at radius 1 is 1.00 bits per heavy atom. The molecule has 4 rings (SSSR count). The zero-order chi connectivity index (χ0) is 15.6. The second kappa shape index (κ2) is 5.49. The fraction of sp³-hybridized carbons (Fsp3) is 0.0588. The van der Waals surface area contributed by atoms with Crippen molar-refractivity contribution in [1.82, 2.24) is 20.2 Å². The molecular formula is C17H12N4O2. The minimum Gasteiger partial charge on any atom is -0.356 e. The topological polar surface area (TPSA) is 73.8 Å². The second-order valence-electron chi connectivity index (χ2n) is 5.12. The summed E-state index contributed by atoms with van der Waals surface area (Å²) in [7, 11) is 0. The summed E-state index contributed by atoms with van der Waals surface area (Å²) in [5, 5.41) is 12.6. The van der Waals surface area contributed by atoms with Crippen molar-refractivity contribution in [1.29, 1.82) is 0 Å². The average Bonchev–Trinajstić information content (AvgIpc) is 3.07. The molecule has 0 radical (unpaired) electrons. The van der Waals surface area contributed by atoms with E-state index in [-0.39, 0.29) is 12.1 Å². The molecule has 0 unspecified atom stereocenters. The number of benzene rings is 2. The summed E-state index contributed by atoms with van der Waals surface area (Å²) in [6.45, 7) is 0.215. The zero-order valence-electron chi connectivity index (χ0n) is 12.1. The van der Waals surface area contributed by atoms with Gasteiger partial charge in [0.25, 0.3) is 5.56 Å². The van der Waals surface area contributed by atoms with E-state index in [1.807, 2.05) is 36.4 Å². The van der Waals surface area contributed by atoms with E-state index in [1.54, 1.807) is 24.3 Å². The van der Waals surface area contributed by atoms with Crippen LogP contribution in [0.2, 0.25) is 0 Å². The highest BCUT2D eigenvalue weighted by Crippen LogP contribution is 2.19. The van der Waals surface area contributed by atoms with Gasteiger partial charge in [0.1, 0.15) is 11.2 Å². The van der Waals surface area contributed by atoms with E-state index in [0.29, 0.717) is 22.4 Å². The Balaban J connectivity index is 1.68. The van der Waals surface area contributed by atoms with Crippen molar-refractivity contribution in [3.8, 4) is 11.3 Å². The largest absolute Gasteiger partial charge is 0.356 e. The summed E-state index contributed by atoms with van der Waals surface area (Å²) in [5.74, 6) is 0.655. The molecule has 0 aliphatic carbocycles. The van der Waals surface area contributed by atoms with Crippen LogP contribution in [0.5, 0.6) is 0 Å². The molecule has 0 aliphatic heterocycles. The predicted molar refractivity (Wildman–Crippen MR) is 84.8 cm³/mol. The maximum absolute atomic E-state index is 12.4. The molecule has 0 aliphatic rings. The van der Waals surface area contributed by atoms with E-state index in [4.69, 9.17) is 4.52 Å². The SMILES string of the molecule is O=c1c2ccccc2nnn1Cc1cc(-c2ccccc2)on1. The minimum absolute atomic E-state index is 0.195. The van der Waals surface area contributed by atoms with E-state index >= 15 is 0 Å². The van der Waals surface area contributed by atoms with Crippen LogP contribution in [0.15, 0.2) is 70.0 Å². The van der Waals surface area contributed by atoms with Crippen LogP contribution in [0, 0.1) is 0 Å². The average molecular weight is 304 g/mol. The third-order valence-corrected chi connectivity index (χ3v) is 3.56. The van der Waals surface area contributed by atoms with Crippen LogP contribution in [0.4, 0.5) is 0 Å². The molecule has 4 aromatic rings. The van der Waals surface area contributed by atoms with Crippen molar-refractivity contribution in [2.45, 2.75) is 6.54 Å². The van der Waals surface area contributed by atoms with Gasteiger partial charge in [0.05, 0.1) is 11.9 Å². The molecule has 2 heterocycles. The second-order valence-corrected chi connectivity index (χ2v) is 5.12. The number of nitrogens with zero attached hydrogens (tertiary/aromatic N) is 4. The normalized spacial score (nSPS) is 11.0. The van der Waals surface area contributed by atoms with E-state index in [1.165, 1.54) is 4.68 Å². The summed E-state index contributed by atoms with van der Waals surface area (Å²) in [6.07, 6.45) is 0. The smallest absolute Gasteiger partial charge is 0.277 e. The van der Waals surface area contributed by atoms with E-state index in [9.17, 15) is 4.79 Å². The molecule has 0 amide bonds. The maximum Gasteiger partial charge on any atom is 0.277 e. The molecular weight excluding hydrogens is 292 g/mol. The fourth-order valence-corrected chi connectivity index (χ4v) is 2.41. The quantitative estimate of drug-likeness (QED) is 0.581. The van der Waals surface area contributed by atoms with Crippen molar-refractivity contribution in [3.63, 3.8) is 0 Å². The number of fused-ring (bicyclic) bond motifs is 1. The fourth-order valence-electron chi connectivity index (χ4n) is 2.41. The molecule has 0 N–H and O–H groups in total. The van der Waals surface area contributed by atoms with Gasteiger partial charge < -0.3 is 4.52 Å². The van der Waals surface area contributed by atoms with Gasteiger partial charge in [-0.3, -0.25) is 4.79 Å². The van der Waals surface area contributed by atoms with Crippen molar-refractivity contribution in [3.05, 3.63) is 76.7 Å². The molecule has 0 atom stereocenters. The van der Waals surface area contributed by atoms with Gasteiger partial charge in [0.2, 0.25) is 0 Å². The van der Waals surface area contributed by atoms with Gasteiger partial charge in [0.15, 0.2) is 5.76 Å². The van der Waals surface area contributed by atoms with Crippen molar-refractivity contribution < 1.29 is 4.52 Å². The summed E-state index contributed by atoms with van der Waals surface area (Å²) < 4.78 is 6.62. The third kappa shape index (κ3) is 2.50.